The molecule has 4 heterocycles. The molecule has 1 unspecified atom stereocenters. The Morgan fingerprint density at radius 1 is 1.32 bits per heavy atom. The standard InChI is InChI=1S/C22H26N6O3/c1-14-7-6-10-31-21-16(11-15(12-23-21)22(2,3)30-4)20(29)26-18-9-5-8-17(25-18)19-27-24-13-28(14)19/h5,8-9,11-14H,6-7,10H2,1-4H3,(H,25,26,29). The Balaban J connectivity index is 1.76. The van der Waals surface area contributed by atoms with E-state index in [4.69, 9.17) is 9.47 Å². The van der Waals surface area contributed by atoms with Gasteiger partial charge >= 0.3 is 0 Å². The van der Waals surface area contributed by atoms with Gasteiger partial charge in [0.2, 0.25) is 5.88 Å². The second kappa shape index (κ2) is 8.43. The van der Waals surface area contributed by atoms with Crippen molar-refractivity contribution in [3.8, 4) is 17.4 Å². The number of pyridine rings is 2. The van der Waals surface area contributed by atoms with Crippen LogP contribution in [0.15, 0.2) is 36.8 Å². The van der Waals surface area contributed by atoms with Crippen LogP contribution < -0.4 is 10.1 Å². The van der Waals surface area contributed by atoms with Crippen molar-refractivity contribution in [2.24, 2.45) is 0 Å². The molecule has 0 spiro atoms. The number of methoxy groups -OCH3 is 1. The minimum atomic E-state index is -0.598. The monoisotopic (exact) mass is 422 g/mol. The molecule has 1 aliphatic rings. The summed E-state index contributed by atoms with van der Waals surface area (Å²) in [6.45, 7) is 6.38. The minimum Gasteiger partial charge on any atom is -0.477 e. The highest BCUT2D eigenvalue weighted by molar-refractivity contribution is 6.05. The molecule has 3 aromatic heterocycles. The van der Waals surface area contributed by atoms with E-state index < -0.39 is 5.60 Å². The van der Waals surface area contributed by atoms with Gasteiger partial charge in [-0.25, -0.2) is 9.97 Å². The molecule has 3 aromatic rings. The maximum absolute atomic E-state index is 13.2. The fourth-order valence-electron chi connectivity index (χ4n) is 3.42. The van der Waals surface area contributed by atoms with Crippen molar-refractivity contribution < 1.29 is 14.3 Å². The fourth-order valence-corrected chi connectivity index (χ4v) is 3.42. The molecule has 9 heteroatoms. The quantitative estimate of drug-likeness (QED) is 0.673. The van der Waals surface area contributed by atoms with Crippen LogP contribution in [0, 0.1) is 0 Å². The normalized spacial score (nSPS) is 17.0. The Morgan fingerprint density at radius 2 is 2.16 bits per heavy atom. The number of amides is 1. The van der Waals surface area contributed by atoms with Gasteiger partial charge in [0.15, 0.2) is 5.82 Å². The van der Waals surface area contributed by atoms with Gasteiger partial charge in [-0.05, 0) is 51.8 Å². The van der Waals surface area contributed by atoms with E-state index in [1.165, 1.54) is 0 Å². The fraction of sp³-hybridized carbons (Fsp3) is 0.409. The second-order valence-electron chi connectivity index (χ2n) is 8.05. The summed E-state index contributed by atoms with van der Waals surface area (Å²) < 4.78 is 13.4. The number of nitrogens with one attached hydrogen (secondary N) is 1. The molecule has 0 saturated carbocycles. The molecule has 1 N–H and O–H groups in total. The minimum absolute atomic E-state index is 0.161. The third kappa shape index (κ3) is 4.27. The highest BCUT2D eigenvalue weighted by Crippen LogP contribution is 2.29. The zero-order valence-electron chi connectivity index (χ0n) is 18.1. The molecule has 0 aromatic carbocycles. The van der Waals surface area contributed by atoms with E-state index >= 15 is 0 Å². The van der Waals surface area contributed by atoms with E-state index in [0.717, 1.165) is 18.4 Å². The van der Waals surface area contributed by atoms with Gasteiger partial charge < -0.3 is 19.4 Å². The van der Waals surface area contributed by atoms with E-state index in [0.29, 0.717) is 35.4 Å². The summed E-state index contributed by atoms with van der Waals surface area (Å²) in [6.07, 6.45) is 5.01. The number of fused-ring (bicyclic) bond motifs is 5. The van der Waals surface area contributed by atoms with Crippen molar-refractivity contribution in [3.63, 3.8) is 0 Å². The van der Waals surface area contributed by atoms with Gasteiger partial charge in [-0.2, -0.15) is 0 Å². The van der Waals surface area contributed by atoms with Crippen LogP contribution in [0.5, 0.6) is 5.88 Å². The Hall–Kier alpha value is -3.33. The first-order chi connectivity index (χ1) is 14.9. The van der Waals surface area contributed by atoms with E-state index in [-0.39, 0.29) is 11.9 Å². The average Bonchev–Trinajstić information content (AvgIpc) is 3.26. The average molecular weight is 422 g/mol. The van der Waals surface area contributed by atoms with Crippen LogP contribution in [0.4, 0.5) is 5.82 Å². The van der Waals surface area contributed by atoms with Gasteiger partial charge in [0.05, 0.1) is 12.2 Å². The second-order valence-corrected chi connectivity index (χ2v) is 8.05. The number of carbonyl (C=O) groups is 1. The Kier molecular flexibility index (Phi) is 5.69. The smallest absolute Gasteiger partial charge is 0.262 e. The molecular weight excluding hydrogens is 396 g/mol. The van der Waals surface area contributed by atoms with Crippen LogP contribution in [0.25, 0.3) is 11.5 Å². The number of carbonyl (C=O) groups excluding carboxylic acids is 1. The third-order valence-corrected chi connectivity index (χ3v) is 5.57. The first-order valence-corrected chi connectivity index (χ1v) is 10.3. The van der Waals surface area contributed by atoms with Gasteiger partial charge in [-0.15, -0.1) is 10.2 Å². The lowest BCUT2D eigenvalue weighted by Gasteiger charge is -2.24. The van der Waals surface area contributed by atoms with E-state index in [1.54, 1.807) is 31.8 Å². The summed E-state index contributed by atoms with van der Waals surface area (Å²) in [5.41, 5.74) is 1.15. The van der Waals surface area contributed by atoms with E-state index in [2.05, 4.69) is 32.4 Å². The molecule has 0 aliphatic carbocycles. The molecular formula is C22H26N6O3. The topological polar surface area (TPSA) is 104 Å². The number of hydrogen-bond donors (Lipinski definition) is 1. The predicted octanol–water partition coefficient (Wildman–Crippen LogP) is 3.60. The van der Waals surface area contributed by atoms with Gasteiger partial charge in [-0.1, -0.05) is 6.07 Å². The van der Waals surface area contributed by atoms with Gasteiger partial charge in [0.25, 0.3) is 5.91 Å². The van der Waals surface area contributed by atoms with Crippen molar-refractivity contribution in [1.29, 1.82) is 0 Å². The summed E-state index contributed by atoms with van der Waals surface area (Å²) in [7, 11) is 1.62. The maximum Gasteiger partial charge on any atom is 0.262 e. The van der Waals surface area contributed by atoms with Crippen molar-refractivity contribution in [1.82, 2.24) is 24.7 Å². The number of rotatable bonds is 2. The zero-order chi connectivity index (χ0) is 22.0. The SMILES string of the molecule is COC(C)(C)c1cnc2c(c1)C(=O)Nc1cccc(n1)-c1nncn1C(C)CCCO2. The van der Waals surface area contributed by atoms with Gasteiger partial charge in [0, 0.05) is 24.9 Å². The molecule has 1 amide bonds. The van der Waals surface area contributed by atoms with Crippen LogP contribution in [-0.2, 0) is 10.3 Å². The Labute approximate surface area is 180 Å². The summed E-state index contributed by atoms with van der Waals surface area (Å²) in [6, 6.07) is 7.33. The molecule has 2 bridgehead atoms. The highest BCUT2D eigenvalue weighted by Gasteiger charge is 2.25. The molecule has 0 radical (unpaired) electrons. The number of anilines is 1. The summed E-state index contributed by atoms with van der Waals surface area (Å²) >= 11 is 0. The largest absolute Gasteiger partial charge is 0.477 e. The molecule has 1 aliphatic heterocycles. The number of ether oxygens (including phenoxy) is 2. The first-order valence-electron chi connectivity index (χ1n) is 10.3. The van der Waals surface area contributed by atoms with Crippen LogP contribution in [0.2, 0.25) is 0 Å². The first kappa shape index (κ1) is 20.9. The summed E-state index contributed by atoms with van der Waals surface area (Å²) in [5, 5.41) is 11.1. The van der Waals surface area contributed by atoms with E-state index in [1.807, 2.05) is 30.5 Å². The lowest BCUT2D eigenvalue weighted by Crippen LogP contribution is -2.22. The third-order valence-electron chi connectivity index (χ3n) is 5.57. The lowest BCUT2D eigenvalue weighted by molar-refractivity contribution is 0.0188. The van der Waals surface area contributed by atoms with Crippen LogP contribution in [0.1, 0.15) is 55.6 Å². The van der Waals surface area contributed by atoms with Crippen molar-refractivity contribution >= 4 is 11.7 Å². The summed E-state index contributed by atoms with van der Waals surface area (Å²) in [4.78, 5) is 22.2. The van der Waals surface area contributed by atoms with Crippen LogP contribution in [0.3, 0.4) is 0 Å². The molecule has 0 saturated heterocycles. The number of hydrogen-bond acceptors (Lipinski definition) is 7. The van der Waals surface area contributed by atoms with Crippen molar-refractivity contribution in [3.05, 3.63) is 47.9 Å². The van der Waals surface area contributed by atoms with Gasteiger partial charge in [0.1, 0.15) is 23.4 Å². The molecule has 0 fully saturated rings. The lowest BCUT2D eigenvalue weighted by atomic mass is 9.98. The zero-order valence-corrected chi connectivity index (χ0v) is 18.1. The van der Waals surface area contributed by atoms with Crippen LogP contribution >= 0.6 is 0 Å². The summed E-state index contributed by atoms with van der Waals surface area (Å²) in [5.74, 6) is 1.00. The molecule has 4 rings (SSSR count). The van der Waals surface area contributed by atoms with Crippen molar-refractivity contribution in [2.45, 2.75) is 45.3 Å². The van der Waals surface area contributed by atoms with Crippen LogP contribution in [-0.4, -0.2) is 44.4 Å². The molecule has 162 valence electrons. The Bertz CT molecular complexity index is 1090. The van der Waals surface area contributed by atoms with E-state index in [9.17, 15) is 4.79 Å². The molecule has 1 atom stereocenters. The molecule has 31 heavy (non-hydrogen) atoms. The van der Waals surface area contributed by atoms with Gasteiger partial charge in [-0.3, -0.25) is 4.79 Å². The highest BCUT2D eigenvalue weighted by atomic mass is 16.5. The maximum atomic E-state index is 13.2. The predicted molar refractivity (Wildman–Crippen MR) is 115 cm³/mol. The molecule has 9 nitrogen and oxygen atoms in total. The number of nitrogens with zero attached hydrogens (tertiary/aromatic N) is 5. The Morgan fingerprint density at radius 3 is 2.97 bits per heavy atom. The van der Waals surface area contributed by atoms with Crippen molar-refractivity contribution in [2.75, 3.05) is 19.0 Å². The number of aromatic nitrogens is 5.